The number of benzene rings is 1. The van der Waals surface area contributed by atoms with E-state index in [1.165, 1.54) is 11.0 Å². The Bertz CT molecular complexity index is 935. The minimum atomic E-state index is -0.619. The van der Waals surface area contributed by atoms with Gasteiger partial charge in [0.1, 0.15) is 23.5 Å². The van der Waals surface area contributed by atoms with Gasteiger partial charge in [-0.2, -0.15) is 9.78 Å². The molecule has 0 atom stereocenters. The van der Waals surface area contributed by atoms with Gasteiger partial charge < -0.3 is 16.2 Å². The van der Waals surface area contributed by atoms with Crippen LogP contribution in [0.1, 0.15) is 28.5 Å². The number of para-hydroxylation sites is 1. The Morgan fingerprint density at radius 2 is 2.04 bits per heavy atom. The van der Waals surface area contributed by atoms with E-state index in [9.17, 15) is 4.79 Å². The number of hydrogen-bond donors (Lipinski definition) is 2. The number of primary amides is 1. The number of nitrogen functional groups attached to an aromatic ring is 1. The third-order valence-electron chi connectivity index (χ3n) is 3.73. The molecule has 0 fully saturated rings. The molecule has 1 amide bonds. The molecule has 0 saturated heterocycles. The van der Waals surface area contributed by atoms with Crippen molar-refractivity contribution in [3.05, 3.63) is 53.5 Å². The Morgan fingerprint density at radius 1 is 1.28 bits per heavy atom. The highest BCUT2D eigenvalue weighted by molar-refractivity contribution is 5.98. The number of ether oxygens (including phenoxy) is 1. The highest BCUT2D eigenvalue weighted by atomic mass is 16.5. The van der Waals surface area contributed by atoms with Crippen LogP contribution in [0.4, 0.5) is 5.82 Å². The number of nitrogens with two attached hydrogens (primary N) is 2. The number of rotatable bonds is 5. The molecule has 3 rings (SSSR count). The van der Waals surface area contributed by atoms with Crippen LogP contribution in [0.15, 0.2) is 36.7 Å². The number of hydrogen-bond acceptors (Lipinski definition) is 6. The molecule has 1 aromatic carbocycles. The lowest BCUT2D eigenvalue weighted by atomic mass is 10.2. The molecule has 0 aliphatic heterocycles. The van der Waals surface area contributed by atoms with Crippen LogP contribution >= 0.6 is 0 Å². The first-order valence-corrected chi connectivity index (χ1v) is 7.74. The average molecular weight is 338 g/mol. The zero-order valence-corrected chi connectivity index (χ0v) is 13.9. The SMILES string of the molecule is CCc1nn(-c2cc(Oc3ccccc3C)ncn2)c(N)c1C(N)=O. The fourth-order valence-electron chi connectivity index (χ4n) is 2.45. The fraction of sp³-hybridized carbons (Fsp3) is 0.176. The lowest BCUT2D eigenvalue weighted by molar-refractivity contribution is 0.100. The predicted octanol–water partition coefficient (Wildman–Crippen LogP) is 2.01. The van der Waals surface area contributed by atoms with Crippen LogP contribution < -0.4 is 16.2 Å². The zero-order valence-electron chi connectivity index (χ0n) is 13.9. The second kappa shape index (κ2) is 6.60. The lowest BCUT2D eigenvalue weighted by Crippen LogP contribution is -2.15. The highest BCUT2D eigenvalue weighted by Crippen LogP contribution is 2.25. The maximum atomic E-state index is 11.6. The minimum absolute atomic E-state index is 0.143. The monoisotopic (exact) mass is 338 g/mol. The van der Waals surface area contributed by atoms with Crippen molar-refractivity contribution in [1.29, 1.82) is 0 Å². The highest BCUT2D eigenvalue weighted by Gasteiger charge is 2.20. The van der Waals surface area contributed by atoms with Gasteiger partial charge in [0.15, 0.2) is 5.82 Å². The van der Waals surface area contributed by atoms with Gasteiger partial charge in [-0.3, -0.25) is 4.79 Å². The van der Waals surface area contributed by atoms with Gasteiger partial charge in [-0.05, 0) is 25.0 Å². The van der Waals surface area contributed by atoms with Gasteiger partial charge in [0.2, 0.25) is 5.88 Å². The van der Waals surface area contributed by atoms with E-state index in [2.05, 4.69) is 15.1 Å². The minimum Gasteiger partial charge on any atom is -0.439 e. The fourth-order valence-corrected chi connectivity index (χ4v) is 2.45. The summed E-state index contributed by atoms with van der Waals surface area (Å²) in [7, 11) is 0. The van der Waals surface area contributed by atoms with Crippen molar-refractivity contribution >= 4 is 11.7 Å². The van der Waals surface area contributed by atoms with Crippen molar-refractivity contribution in [1.82, 2.24) is 19.7 Å². The Hall–Kier alpha value is -3.42. The normalized spacial score (nSPS) is 10.6. The van der Waals surface area contributed by atoms with E-state index in [0.29, 0.717) is 29.6 Å². The average Bonchev–Trinajstić information content (AvgIpc) is 2.94. The zero-order chi connectivity index (χ0) is 18.0. The van der Waals surface area contributed by atoms with E-state index in [1.807, 2.05) is 38.1 Å². The number of anilines is 1. The molecule has 0 spiro atoms. The van der Waals surface area contributed by atoms with Crippen LogP contribution in [0, 0.1) is 6.92 Å². The Kier molecular flexibility index (Phi) is 4.34. The molecule has 2 aromatic heterocycles. The smallest absolute Gasteiger partial charge is 0.254 e. The van der Waals surface area contributed by atoms with E-state index in [1.54, 1.807) is 6.07 Å². The van der Waals surface area contributed by atoms with Crippen molar-refractivity contribution in [3.8, 4) is 17.4 Å². The Morgan fingerprint density at radius 3 is 2.68 bits per heavy atom. The van der Waals surface area contributed by atoms with E-state index in [4.69, 9.17) is 16.2 Å². The van der Waals surface area contributed by atoms with Crippen molar-refractivity contribution in [2.45, 2.75) is 20.3 Å². The Labute approximate surface area is 144 Å². The first-order chi connectivity index (χ1) is 12.0. The van der Waals surface area contributed by atoms with E-state index >= 15 is 0 Å². The number of carbonyl (C=O) groups is 1. The van der Waals surface area contributed by atoms with Crippen molar-refractivity contribution in [2.24, 2.45) is 5.73 Å². The summed E-state index contributed by atoms with van der Waals surface area (Å²) in [5.41, 5.74) is 13.1. The van der Waals surface area contributed by atoms with Gasteiger partial charge >= 0.3 is 0 Å². The van der Waals surface area contributed by atoms with Crippen molar-refractivity contribution in [3.63, 3.8) is 0 Å². The molecular formula is C17H18N6O2. The topological polar surface area (TPSA) is 122 Å². The van der Waals surface area contributed by atoms with E-state index in [-0.39, 0.29) is 11.4 Å². The van der Waals surface area contributed by atoms with Crippen LogP contribution in [0.5, 0.6) is 11.6 Å². The summed E-state index contributed by atoms with van der Waals surface area (Å²) in [6, 6.07) is 9.19. The summed E-state index contributed by atoms with van der Waals surface area (Å²) in [6.45, 7) is 3.81. The molecule has 0 aliphatic rings. The van der Waals surface area contributed by atoms with E-state index in [0.717, 1.165) is 5.56 Å². The predicted molar refractivity (Wildman–Crippen MR) is 92.7 cm³/mol. The molecule has 0 radical (unpaired) electrons. The second-order valence-electron chi connectivity index (χ2n) is 5.42. The molecule has 8 heteroatoms. The first-order valence-electron chi connectivity index (χ1n) is 7.74. The quantitative estimate of drug-likeness (QED) is 0.734. The number of aryl methyl sites for hydroxylation is 2. The maximum Gasteiger partial charge on any atom is 0.254 e. The molecule has 128 valence electrons. The molecule has 25 heavy (non-hydrogen) atoms. The third kappa shape index (κ3) is 3.14. The third-order valence-corrected chi connectivity index (χ3v) is 3.73. The van der Waals surface area contributed by atoms with Gasteiger partial charge in [-0.15, -0.1) is 0 Å². The summed E-state index contributed by atoms with van der Waals surface area (Å²) in [4.78, 5) is 19.9. The molecule has 0 bridgehead atoms. The van der Waals surface area contributed by atoms with Gasteiger partial charge in [0.25, 0.3) is 5.91 Å². The van der Waals surface area contributed by atoms with Crippen LogP contribution in [0.3, 0.4) is 0 Å². The molecular weight excluding hydrogens is 320 g/mol. The van der Waals surface area contributed by atoms with Crippen LogP contribution in [0.25, 0.3) is 5.82 Å². The number of carbonyl (C=O) groups excluding carboxylic acids is 1. The molecule has 3 aromatic rings. The molecule has 0 aliphatic carbocycles. The van der Waals surface area contributed by atoms with Crippen molar-refractivity contribution in [2.75, 3.05) is 5.73 Å². The van der Waals surface area contributed by atoms with Crippen LogP contribution in [-0.2, 0) is 6.42 Å². The Balaban J connectivity index is 2.00. The largest absolute Gasteiger partial charge is 0.439 e. The molecule has 0 saturated carbocycles. The summed E-state index contributed by atoms with van der Waals surface area (Å²) < 4.78 is 7.16. The maximum absolute atomic E-state index is 11.6. The first kappa shape index (κ1) is 16.4. The van der Waals surface area contributed by atoms with Gasteiger partial charge in [-0.1, -0.05) is 25.1 Å². The van der Waals surface area contributed by atoms with Crippen molar-refractivity contribution < 1.29 is 9.53 Å². The van der Waals surface area contributed by atoms with Crippen LogP contribution in [-0.4, -0.2) is 25.7 Å². The number of amides is 1. The molecule has 0 unspecified atom stereocenters. The molecule has 2 heterocycles. The number of nitrogens with zero attached hydrogens (tertiary/aromatic N) is 4. The summed E-state index contributed by atoms with van der Waals surface area (Å²) in [6.07, 6.45) is 1.87. The van der Waals surface area contributed by atoms with E-state index < -0.39 is 5.91 Å². The van der Waals surface area contributed by atoms with Gasteiger partial charge in [0, 0.05) is 6.07 Å². The van der Waals surface area contributed by atoms with Gasteiger partial charge in [-0.25, -0.2) is 9.97 Å². The molecule has 8 nitrogen and oxygen atoms in total. The summed E-state index contributed by atoms with van der Waals surface area (Å²) in [5.74, 6) is 0.940. The second-order valence-corrected chi connectivity index (χ2v) is 5.42. The summed E-state index contributed by atoms with van der Waals surface area (Å²) >= 11 is 0. The summed E-state index contributed by atoms with van der Waals surface area (Å²) in [5, 5.41) is 4.33. The lowest BCUT2D eigenvalue weighted by Gasteiger charge is -2.09. The molecule has 4 N–H and O–H groups in total. The van der Waals surface area contributed by atoms with Crippen LogP contribution in [0.2, 0.25) is 0 Å². The number of aromatic nitrogens is 4. The standard InChI is InChI=1S/C17H18N6O2/c1-3-11-15(17(19)24)16(18)23(22-11)13-8-14(21-9-20-13)25-12-7-5-4-6-10(12)2/h4-9H,3,18H2,1-2H3,(H2,19,24). The van der Waals surface area contributed by atoms with Gasteiger partial charge in [0.05, 0.1) is 5.69 Å².